The van der Waals surface area contributed by atoms with Crippen molar-refractivity contribution >= 4 is 5.91 Å². The summed E-state index contributed by atoms with van der Waals surface area (Å²) in [5.41, 5.74) is 2.67. The monoisotopic (exact) mass is 271 g/mol. The van der Waals surface area contributed by atoms with Gasteiger partial charge in [-0.15, -0.1) is 0 Å². The van der Waals surface area contributed by atoms with Gasteiger partial charge in [-0.25, -0.2) is 0 Å². The van der Waals surface area contributed by atoms with E-state index in [9.17, 15) is 4.79 Å². The molecule has 0 bridgehead atoms. The third-order valence-electron chi connectivity index (χ3n) is 3.75. The van der Waals surface area contributed by atoms with Crippen LogP contribution in [0.1, 0.15) is 47.7 Å². The zero-order valence-electron chi connectivity index (χ0n) is 12.1. The summed E-state index contributed by atoms with van der Waals surface area (Å²) in [5, 5.41) is 8.72. The maximum absolute atomic E-state index is 12.4. The van der Waals surface area contributed by atoms with Crippen molar-refractivity contribution in [2.24, 2.45) is 0 Å². The summed E-state index contributed by atoms with van der Waals surface area (Å²) in [7, 11) is 0. The van der Waals surface area contributed by atoms with E-state index in [2.05, 4.69) is 18.8 Å². The van der Waals surface area contributed by atoms with Gasteiger partial charge in [-0.05, 0) is 50.5 Å². The van der Waals surface area contributed by atoms with Crippen molar-refractivity contribution in [3.63, 3.8) is 0 Å². The van der Waals surface area contributed by atoms with Crippen molar-refractivity contribution in [3.05, 3.63) is 34.9 Å². The largest absolute Gasteiger partial charge is 0.395 e. The Balaban J connectivity index is 2.17. The molecule has 1 N–H and O–H groups in total. The fourth-order valence-corrected chi connectivity index (χ4v) is 2.55. The minimum atomic E-state index is 0.0788. The van der Waals surface area contributed by atoms with Crippen LogP contribution in [0, 0.1) is 18.8 Å². The van der Waals surface area contributed by atoms with E-state index >= 15 is 0 Å². The molecular weight excluding hydrogens is 250 g/mol. The maximum atomic E-state index is 12.4. The Labute approximate surface area is 120 Å². The standard InChI is InChI=1S/C17H21NO2/c1-13-12-16(9-8-15(13)7-3-4-11-19)17(20)18-10-5-6-14(18)2/h8-9,12,14,19H,4-6,10-11H2,1-2H3. The second kappa shape index (κ2) is 6.58. The summed E-state index contributed by atoms with van der Waals surface area (Å²) >= 11 is 0. The van der Waals surface area contributed by atoms with Gasteiger partial charge in [0.05, 0.1) is 6.61 Å². The Morgan fingerprint density at radius 3 is 2.90 bits per heavy atom. The van der Waals surface area contributed by atoms with Crippen molar-refractivity contribution in [1.82, 2.24) is 4.90 Å². The summed E-state index contributed by atoms with van der Waals surface area (Å²) in [4.78, 5) is 14.4. The van der Waals surface area contributed by atoms with Gasteiger partial charge in [0, 0.05) is 30.1 Å². The number of aliphatic hydroxyl groups excluding tert-OH is 1. The molecule has 1 unspecified atom stereocenters. The van der Waals surface area contributed by atoms with Gasteiger partial charge >= 0.3 is 0 Å². The number of nitrogens with zero attached hydrogens (tertiary/aromatic N) is 1. The lowest BCUT2D eigenvalue weighted by molar-refractivity contribution is 0.0747. The second-order valence-corrected chi connectivity index (χ2v) is 5.29. The highest BCUT2D eigenvalue weighted by molar-refractivity contribution is 5.95. The number of rotatable bonds is 2. The van der Waals surface area contributed by atoms with E-state index in [1.807, 2.05) is 30.0 Å². The van der Waals surface area contributed by atoms with Gasteiger partial charge in [0.15, 0.2) is 0 Å². The van der Waals surface area contributed by atoms with E-state index in [0.717, 1.165) is 36.1 Å². The predicted molar refractivity (Wildman–Crippen MR) is 79.5 cm³/mol. The molecule has 0 radical (unpaired) electrons. The van der Waals surface area contributed by atoms with E-state index in [-0.39, 0.29) is 12.5 Å². The van der Waals surface area contributed by atoms with Gasteiger partial charge < -0.3 is 10.0 Å². The second-order valence-electron chi connectivity index (χ2n) is 5.29. The molecule has 106 valence electrons. The van der Waals surface area contributed by atoms with Gasteiger partial charge in [-0.1, -0.05) is 11.8 Å². The normalized spacial score (nSPS) is 17.8. The SMILES string of the molecule is Cc1cc(C(=O)N2CCCC2C)ccc1C#CCCO. The molecule has 1 aromatic carbocycles. The number of amides is 1. The zero-order valence-corrected chi connectivity index (χ0v) is 12.1. The summed E-state index contributed by atoms with van der Waals surface area (Å²) in [6.07, 6.45) is 2.66. The van der Waals surface area contributed by atoms with Crippen LogP contribution in [0.25, 0.3) is 0 Å². The molecule has 1 fully saturated rings. The topological polar surface area (TPSA) is 40.5 Å². The molecule has 20 heavy (non-hydrogen) atoms. The zero-order chi connectivity index (χ0) is 14.5. The lowest BCUT2D eigenvalue weighted by Gasteiger charge is -2.21. The lowest BCUT2D eigenvalue weighted by Crippen LogP contribution is -2.33. The number of hydrogen-bond acceptors (Lipinski definition) is 2. The Morgan fingerprint density at radius 1 is 1.50 bits per heavy atom. The third kappa shape index (κ3) is 3.20. The molecule has 1 saturated heterocycles. The summed E-state index contributed by atoms with van der Waals surface area (Å²) in [6.45, 7) is 5.01. The minimum Gasteiger partial charge on any atom is -0.395 e. The fraction of sp³-hybridized carbons (Fsp3) is 0.471. The summed E-state index contributed by atoms with van der Waals surface area (Å²) in [5.74, 6) is 6.05. The van der Waals surface area contributed by atoms with Gasteiger partial charge in [0.1, 0.15) is 0 Å². The molecule has 2 rings (SSSR count). The van der Waals surface area contributed by atoms with Crippen LogP contribution in [0.3, 0.4) is 0 Å². The van der Waals surface area contributed by atoms with Crippen LogP contribution in [0.5, 0.6) is 0 Å². The molecular formula is C17H21NO2. The third-order valence-corrected chi connectivity index (χ3v) is 3.75. The van der Waals surface area contributed by atoms with Crippen LogP contribution in [0.2, 0.25) is 0 Å². The van der Waals surface area contributed by atoms with Crippen LogP contribution in [0.4, 0.5) is 0 Å². The molecule has 0 spiro atoms. The number of carbonyl (C=O) groups is 1. The molecule has 1 heterocycles. The van der Waals surface area contributed by atoms with Crippen LogP contribution in [-0.4, -0.2) is 35.1 Å². The molecule has 0 saturated carbocycles. The van der Waals surface area contributed by atoms with Crippen LogP contribution < -0.4 is 0 Å². The average molecular weight is 271 g/mol. The molecule has 1 aliphatic heterocycles. The molecule has 0 aliphatic carbocycles. The number of hydrogen-bond donors (Lipinski definition) is 1. The van der Waals surface area contributed by atoms with Gasteiger partial charge in [0.25, 0.3) is 5.91 Å². The Morgan fingerprint density at radius 2 is 2.30 bits per heavy atom. The average Bonchev–Trinajstić information content (AvgIpc) is 2.86. The Bertz CT molecular complexity index is 554. The number of benzene rings is 1. The highest BCUT2D eigenvalue weighted by atomic mass is 16.2. The van der Waals surface area contributed by atoms with Crippen molar-refractivity contribution < 1.29 is 9.90 Å². The van der Waals surface area contributed by atoms with E-state index in [1.54, 1.807) is 0 Å². The van der Waals surface area contributed by atoms with Crippen molar-refractivity contribution in [2.75, 3.05) is 13.2 Å². The molecule has 1 amide bonds. The van der Waals surface area contributed by atoms with Crippen LogP contribution in [-0.2, 0) is 0 Å². The number of aliphatic hydroxyl groups is 1. The quantitative estimate of drug-likeness (QED) is 0.839. The first-order chi connectivity index (χ1) is 9.63. The Kier molecular flexibility index (Phi) is 4.81. The highest BCUT2D eigenvalue weighted by Gasteiger charge is 2.25. The molecule has 3 nitrogen and oxygen atoms in total. The van der Waals surface area contributed by atoms with Crippen molar-refractivity contribution in [1.29, 1.82) is 0 Å². The van der Waals surface area contributed by atoms with E-state index in [1.165, 1.54) is 0 Å². The van der Waals surface area contributed by atoms with Crippen LogP contribution >= 0.6 is 0 Å². The smallest absolute Gasteiger partial charge is 0.254 e. The Hall–Kier alpha value is -1.79. The molecule has 3 heteroatoms. The highest BCUT2D eigenvalue weighted by Crippen LogP contribution is 2.20. The number of likely N-dealkylation sites (tertiary alicyclic amines) is 1. The molecule has 1 aromatic rings. The van der Waals surface area contributed by atoms with E-state index in [4.69, 9.17) is 5.11 Å². The van der Waals surface area contributed by atoms with Gasteiger partial charge in [-0.3, -0.25) is 4.79 Å². The summed E-state index contributed by atoms with van der Waals surface area (Å²) < 4.78 is 0. The first kappa shape index (κ1) is 14.6. The van der Waals surface area contributed by atoms with E-state index in [0.29, 0.717) is 12.5 Å². The molecule has 1 atom stereocenters. The number of carbonyl (C=O) groups excluding carboxylic acids is 1. The molecule has 1 aliphatic rings. The lowest BCUT2D eigenvalue weighted by atomic mass is 10.0. The van der Waals surface area contributed by atoms with Crippen molar-refractivity contribution in [2.45, 2.75) is 39.2 Å². The van der Waals surface area contributed by atoms with Gasteiger partial charge in [-0.2, -0.15) is 0 Å². The minimum absolute atomic E-state index is 0.0788. The van der Waals surface area contributed by atoms with Crippen molar-refractivity contribution in [3.8, 4) is 11.8 Å². The first-order valence-corrected chi connectivity index (χ1v) is 7.15. The fourth-order valence-electron chi connectivity index (χ4n) is 2.55. The summed E-state index contributed by atoms with van der Waals surface area (Å²) in [6, 6.07) is 6.00. The van der Waals surface area contributed by atoms with Crippen LogP contribution in [0.15, 0.2) is 18.2 Å². The predicted octanol–water partition coefficient (Wildman–Crippen LogP) is 2.35. The van der Waals surface area contributed by atoms with E-state index < -0.39 is 0 Å². The number of aryl methyl sites for hydroxylation is 1. The van der Waals surface area contributed by atoms with Gasteiger partial charge in [0.2, 0.25) is 0 Å². The maximum Gasteiger partial charge on any atom is 0.254 e. The molecule has 0 aromatic heterocycles. The first-order valence-electron chi connectivity index (χ1n) is 7.15.